The molecule has 1 aromatic heterocycles. The van der Waals surface area contributed by atoms with Crippen LogP contribution in [0.4, 0.5) is 0 Å². The van der Waals surface area contributed by atoms with Crippen LogP contribution in [0.3, 0.4) is 0 Å². The molecule has 0 saturated heterocycles. The van der Waals surface area contributed by atoms with E-state index in [-0.39, 0.29) is 6.61 Å². The number of aryl methyl sites for hydroxylation is 1. The third-order valence-electron chi connectivity index (χ3n) is 1.51. The summed E-state index contributed by atoms with van der Waals surface area (Å²) in [7, 11) is -1.56. The predicted octanol–water partition coefficient (Wildman–Crippen LogP) is -0.623. The van der Waals surface area contributed by atoms with Gasteiger partial charge in [-0.05, 0) is 13.0 Å². The number of nitrogens with zero attached hydrogens (tertiary/aromatic N) is 2. The standard InChI is InChI=1S/C6H11N3O2S/c1-2-9-5(4-10)3-6(8-9)12(7)11/h3,10H,2,4,7H2,1H3. The lowest BCUT2D eigenvalue weighted by Gasteiger charge is -1.98. The van der Waals surface area contributed by atoms with Gasteiger partial charge in [-0.15, -0.1) is 0 Å². The number of hydrogen-bond acceptors (Lipinski definition) is 3. The van der Waals surface area contributed by atoms with Gasteiger partial charge in [0.05, 0.1) is 12.3 Å². The van der Waals surface area contributed by atoms with Gasteiger partial charge >= 0.3 is 0 Å². The molecule has 12 heavy (non-hydrogen) atoms. The Kier molecular flexibility index (Phi) is 2.96. The van der Waals surface area contributed by atoms with E-state index in [0.29, 0.717) is 17.3 Å². The van der Waals surface area contributed by atoms with Crippen molar-refractivity contribution in [3.05, 3.63) is 11.8 Å². The quantitative estimate of drug-likeness (QED) is 0.664. The maximum absolute atomic E-state index is 10.8. The topological polar surface area (TPSA) is 81.1 Å². The Labute approximate surface area is 72.8 Å². The zero-order chi connectivity index (χ0) is 9.14. The molecule has 68 valence electrons. The zero-order valence-corrected chi connectivity index (χ0v) is 7.54. The number of aliphatic hydroxyl groups is 1. The van der Waals surface area contributed by atoms with E-state index in [1.54, 1.807) is 10.7 Å². The third kappa shape index (κ3) is 1.71. The molecule has 3 N–H and O–H groups in total. The van der Waals surface area contributed by atoms with Gasteiger partial charge in [0.1, 0.15) is 11.0 Å². The summed E-state index contributed by atoms with van der Waals surface area (Å²) in [6.45, 7) is 2.40. The number of rotatable bonds is 3. The van der Waals surface area contributed by atoms with Crippen molar-refractivity contribution in [3.8, 4) is 0 Å². The first-order valence-corrected chi connectivity index (χ1v) is 4.74. The predicted molar refractivity (Wildman–Crippen MR) is 44.4 cm³/mol. The van der Waals surface area contributed by atoms with Crippen molar-refractivity contribution in [2.45, 2.75) is 25.1 Å². The molecule has 0 amide bonds. The van der Waals surface area contributed by atoms with E-state index in [1.165, 1.54) is 0 Å². The molecule has 0 saturated carbocycles. The summed E-state index contributed by atoms with van der Waals surface area (Å²) < 4.78 is 12.3. The molecule has 1 aromatic rings. The van der Waals surface area contributed by atoms with Crippen molar-refractivity contribution in [1.82, 2.24) is 9.78 Å². The van der Waals surface area contributed by atoms with Crippen LogP contribution < -0.4 is 5.14 Å². The minimum Gasteiger partial charge on any atom is -0.390 e. The van der Waals surface area contributed by atoms with Gasteiger partial charge in [0.15, 0.2) is 5.03 Å². The van der Waals surface area contributed by atoms with E-state index >= 15 is 0 Å². The maximum atomic E-state index is 10.8. The first kappa shape index (κ1) is 9.37. The van der Waals surface area contributed by atoms with E-state index in [2.05, 4.69) is 5.10 Å². The lowest BCUT2D eigenvalue weighted by atomic mass is 10.4. The molecule has 0 aliphatic heterocycles. The van der Waals surface area contributed by atoms with Crippen LogP contribution in [0.15, 0.2) is 11.1 Å². The third-order valence-corrected chi connectivity index (χ3v) is 2.12. The van der Waals surface area contributed by atoms with Crippen molar-refractivity contribution < 1.29 is 9.32 Å². The molecule has 0 aromatic carbocycles. The maximum Gasteiger partial charge on any atom is 0.164 e. The summed E-state index contributed by atoms with van der Waals surface area (Å²) in [5.41, 5.74) is 0.631. The van der Waals surface area contributed by atoms with Crippen molar-refractivity contribution in [3.63, 3.8) is 0 Å². The molecule has 5 nitrogen and oxygen atoms in total. The number of aromatic nitrogens is 2. The van der Waals surface area contributed by atoms with Gasteiger partial charge in [-0.1, -0.05) is 0 Å². The molecular formula is C6H11N3O2S. The summed E-state index contributed by atoms with van der Waals surface area (Å²) in [5, 5.41) is 18.2. The van der Waals surface area contributed by atoms with Crippen molar-refractivity contribution in [2.75, 3.05) is 0 Å². The van der Waals surface area contributed by atoms with Gasteiger partial charge in [-0.3, -0.25) is 4.68 Å². The Morgan fingerprint density at radius 3 is 2.83 bits per heavy atom. The SMILES string of the molecule is CCn1nc(S(N)=O)cc1CO. The molecule has 0 spiro atoms. The van der Waals surface area contributed by atoms with Crippen LogP contribution >= 0.6 is 0 Å². The van der Waals surface area contributed by atoms with Crippen molar-refractivity contribution >= 4 is 11.0 Å². The average Bonchev–Trinajstić information content (AvgIpc) is 2.46. The first-order valence-electron chi connectivity index (χ1n) is 3.52. The molecule has 1 atom stereocenters. The van der Waals surface area contributed by atoms with Crippen LogP contribution in [0.1, 0.15) is 12.6 Å². The lowest BCUT2D eigenvalue weighted by molar-refractivity contribution is 0.268. The molecule has 6 heteroatoms. The molecule has 0 radical (unpaired) electrons. The van der Waals surface area contributed by atoms with Gasteiger partial charge in [-0.2, -0.15) is 5.10 Å². The highest BCUT2D eigenvalue weighted by atomic mass is 32.2. The summed E-state index contributed by atoms with van der Waals surface area (Å²) in [4.78, 5) is 0. The minimum absolute atomic E-state index is 0.113. The van der Waals surface area contributed by atoms with Gasteiger partial charge < -0.3 is 5.11 Å². The van der Waals surface area contributed by atoms with Gasteiger partial charge in [-0.25, -0.2) is 9.35 Å². The Bertz CT molecular complexity index is 275. The fourth-order valence-corrected chi connectivity index (χ4v) is 1.36. The highest BCUT2D eigenvalue weighted by molar-refractivity contribution is 7.82. The summed E-state index contributed by atoms with van der Waals surface area (Å²) in [6.07, 6.45) is 0. The highest BCUT2D eigenvalue weighted by Gasteiger charge is 2.07. The lowest BCUT2D eigenvalue weighted by Crippen LogP contribution is -2.05. The van der Waals surface area contributed by atoms with Gasteiger partial charge in [0.2, 0.25) is 0 Å². The van der Waals surface area contributed by atoms with Gasteiger partial charge in [0.25, 0.3) is 0 Å². The summed E-state index contributed by atoms with van der Waals surface area (Å²) in [6, 6.07) is 1.54. The second kappa shape index (κ2) is 3.79. The monoisotopic (exact) mass is 189 g/mol. The second-order valence-electron chi connectivity index (χ2n) is 2.25. The van der Waals surface area contributed by atoms with Crippen molar-refractivity contribution in [1.29, 1.82) is 0 Å². The van der Waals surface area contributed by atoms with Crippen LogP contribution in [0, 0.1) is 0 Å². The fraction of sp³-hybridized carbons (Fsp3) is 0.500. The average molecular weight is 189 g/mol. The molecule has 1 unspecified atom stereocenters. The zero-order valence-electron chi connectivity index (χ0n) is 6.73. The first-order chi connectivity index (χ1) is 5.69. The Balaban J connectivity index is 3.05. The van der Waals surface area contributed by atoms with E-state index in [4.69, 9.17) is 10.2 Å². The number of nitrogens with two attached hydrogens (primary N) is 1. The van der Waals surface area contributed by atoms with Crippen LogP contribution in [0.2, 0.25) is 0 Å². The van der Waals surface area contributed by atoms with E-state index in [0.717, 1.165) is 0 Å². The Morgan fingerprint density at radius 2 is 2.50 bits per heavy atom. The molecular weight excluding hydrogens is 178 g/mol. The molecule has 1 heterocycles. The molecule has 0 aliphatic carbocycles. The minimum atomic E-state index is -1.56. The largest absolute Gasteiger partial charge is 0.390 e. The molecule has 0 bridgehead atoms. The molecule has 1 rings (SSSR count). The normalized spacial score (nSPS) is 13.2. The second-order valence-corrected chi connectivity index (χ2v) is 3.26. The van der Waals surface area contributed by atoms with E-state index in [9.17, 15) is 4.21 Å². The number of aliphatic hydroxyl groups excluding tert-OH is 1. The Hall–Kier alpha value is -0.720. The Morgan fingerprint density at radius 1 is 1.83 bits per heavy atom. The van der Waals surface area contributed by atoms with Crippen LogP contribution in [-0.4, -0.2) is 19.1 Å². The summed E-state index contributed by atoms with van der Waals surface area (Å²) in [5.74, 6) is 0. The fourth-order valence-electron chi connectivity index (χ4n) is 0.928. The molecule has 0 aliphatic rings. The van der Waals surface area contributed by atoms with E-state index < -0.39 is 11.0 Å². The highest BCUT2D eigenvalue weighted by Crippen LogP contribution is 2.06. The number of hydrogen-bond donors (Lipinski definition) is 2. The summed E-state index contributed by atoms with van der Waals surface area (Å²) >= 11 is 0. The van der Waals surface area contributed by atoms with Crippen LogP contribution in [-0.2, 0) is 24.1 Å². The smallest absolute Gasteiger partial charge is 0.164 e. The van der Waals surface area contributed by atoms with Crippen molar-refractivity contribution in [2.24, 2.45) is 5.14 Å². The molecule has 0 fully saturated rings. The van der Waals surface area contributed by atoms with E-state index in [1.807, 2.05) is 6.92 Å². The van der Waals surface area contributed by atoms with Gasteiger partial charge in [0, 0.05) is 6.54 Å². The van der Waals surface area contributed by atoms with Crippen LogP contribution in [0.25, 0.3) is 0 Å². The van der Waals surface area contributed by atoms with Crippen LogP contribution in [0.5, 0.6) is 0 Å².